The molecule has 1 unspecified atom stereocenters. The van der Waals surface area contributed by atoms with E-state index >= 15 is 0 Å². The molecule has 102 valence electrons. The maximum absolute atomic E-state index is 10.3. The van der Waals surface area contributed by atoms with E-state index in [1.54, 1.807) is 20.3 Å². The zero-order valence-corrected chi connectivity index (χ0v) is 11.6. The molecule has 0 aliphatic rings. The summed E-state index contributed by atoms with van der Waals surface area (Å²) in [5.41, 5.74) is 0.796. The maximum atomic E-state index is 10.3. The molecule has 0 aromatic heterocycles. The molecule has 1 atom stereocenters. The number of hydrogen-bond acceptors (Lipinski definition) is 4. The Balaban J connectivity index is 2.87. The molecule has 0 bridgehead atoms. The quantitative estimate of drug-likeness (QED) is 0.808. The van der Waals surface area contributed by atoms with Gasteiger partial charge >= 0.3 is 0 Å². The van der Waals surface area contributed by atoms with Crippen LogP contribution in [0, 0.1) is 0 Å². The topological polar surface area (TPSA) is 41.9 Å². The summed E-state index contributed by atoms with van der Waals surface area (Å²) in [7, 11) is 3.21. The van der Waals surface area contributed by atoms with Crippen LogP contribution in [-0.4, -0.2) is 43.9 Å². The van der Waals surface area contributed by atoms with Crippen molar-refractivity contribution in [1.29, 1.82) is 0 Å². The summed E-state index contributed by atoms with van der Waals surface area (Å²) >= 11 is 0. The average molecular weight is 253 g/mol. The fourth-order valence-corrected chi connectivity index (χ4v) is 1.92. The van der Waals surface area contributed by atoms with Gasteiger partial charge in [-0.05, 0) is 25.2 Å². The van der Waals surface area contributed by atoms with Crippen molar-refractivity contribution in [2.24, 2.45) is 0 Å². The van der Waals surface area contributed by atoms with Crippen LogP contribution in [0.1, 0.15) is 25.5 Å². The number of nitrogens with zero attached hydrogens (tertiary/aromatic N) is 1. The Morgan fingerprint density at radius 3 is 2.33 bits per heavy atom. The minimum Gasteiger partial charge on any atom is -0.497 e. The summed E-state index contributed by atoms with van der Waals surface area (Å²) in [5.74, 6) is 1.39. The van der Waals surface area contributed by atoms with Gasteiger partial charge in [-0.1, -0.05) is 13.8 Å². The van der Waals surface area contributed by atoms with Crippen LogP contribution in [0.5, 0.6) is 11.5 Å². The number of rotatable bonds is 7. The fraction of sp³-hybridized carbons (Fsp3) is 0.571. The number of likely N-dealkylation sites (N-methyl/N-ethyl adjacent to an activating group) is 1. The monoisotopic (exact) mass is 253 g/mol. The van der Waals surface area contributed by atoms with Gasteiger partial charge in [0.1, 0.15) is 11.5 Å². The fourth-order valence-electron chi connectivity index (χ4n) is 1.92. The first-order valence-electron chi connectivity index (χ1n) is 6.28. The van der Waals surface area contributed by atoms with Crippen LogP contribution in [0.3, 0.4) is 0 Å². The Morgan fingerprint density at radius 2 is 1.83 bits per heavy atom. The highest BCUT2D eigenvalue weighted by atomic mass is 16.5. The van der Waals surface area contributed by atoms with Crippen LogP contribution in [0.15, 0.2) is 18.2 Å². The molecule has 18 heavy (non-hydrogen) atoms. The van der Waals surface area contributed by atoms with Crippen molar-refractivity contribution in [3.63, 3.8) is 0 Å². The first-order chi connectivity index (χ1) is 8.65. The summed E-state index contributed by atoms with van der Waals surface area (Å²) in [6.07, 6.45) is -0.550. The van der Waals surface area contributed by atoms with E-state index in [0.717, 1.165) is 24.4 Å². The number of benzene rings is 1. The van der Waals surface area contributed by atoms with Gasteiger partial charge in [0.2, 0.25) is 0 Å². The summed E-state index contributed by atoms with van der Waals surface area (Å²) in [5, 5.41) is 10.3. The number of hydrogen-bond donors (Lipinski definition) is 1. The molecule has 0 aliphatic heterocycles. The lowest BCUT2D eigenvalue weighted by Gasteiger charge is -2.23. The van der Waals surface area contributed by atoms with Crippen LogP contribution >= 0.6 is 0 Å². The Hall–Kier alpha value is -1.26. The van der Waals surface area contributed by atoms with Crippen molar-refractivity contribution < 1.29 is 14.6 Å². The molecule has 0 amide bonds. The second-order valence-corrected chi connectivity index (χ2v) is 4.11. The Morgan fingerprint density at radius 1 is 1.17 bits per heavy atom. The van der Waals surface area contributed by atoms with Gasteiger partial charge in [-0.25, -0.2) is 0 Å². The van der Waals surface area contributed by atoms with E-state index in [4.69, 9.17) is 9.47 Å². The number of methoxy groups -OCH3 is 2. The maximum Gasteiger partial charge on any atom is 0.128 e. The van der Waals surface area contributed by atoms with E-state index in [2.05, 4.69) is 18.7 Å². The average Bonchev–Trinajstić information content (AvgIpc) is 2.43. The molecule has 1 N–H and O–H groups in total. The Labute approximate surface area is 109 Å². The minimum atomic E-state index is -0.550. The van der Waals surface area contributed by atoms with E-state index < -0.39 is 6.10 Å². The van der Waals surface area contributed by atoms with Gasteiger partial charge in [-0.3, -0.25) is 0 Å². The highest BCUT2D eigenvalue weighted by Crippen LogP contribution is 2.29. The second-order valence-electron chi connectivity index (χ2n) is 4.11. The van der Waals surface area contributed by atoms with Gasteiger partial charge in [0.25, 0.3) is 0 Å². The van der Waals surface area contributed by atoms with E-state index in [-0.39, 0.29) is 0 Å². The zero-order chi connectivity index (χ0) is 13.5. The summed E-state index contributed by atoms with van der Waals surface area (Å²) in [6, 6.07) is 5.48. The van der Waals surface area contributed by atoms with E-state index in [0.29, 0.717) is 12.3 Å². The molecule has 4 heteroatoms. The third-order valence-corrected chi connectivity index (χ3v) is 3.13. The Bertz CT molecular complexity index is 364. The first-order valence-corrected chi connectivity index (χ1v) is 6.28. The van der Waals surface area contributed by atoms with Gasteiger partial charge < -0.3 is 19.5 Å². The summed E-state index contributed by atoms with van der Waals surface area (Å²) < 4.78 is 10.4. The van der Waals surface area contributed by atoms with Gasteiger partial charge in [0.15, 0.2) is 0 Å². The summed E-state index contributed by atoms with van der Waals surface area (Å²) in [4.78, 5) is 2.17. The van der Waals surface area contributed by atoms with E-state index in [9.17, 15) is 5.11 Å². The molecule has 0 radical (unpaired) electrons. The molecule has 0 heterocycles. The van der Waals surface area contributed by atoms with Crippen molar-refractivity contribution in [2.45, 2.75) is 20.0 Å². The van der Waals surface area contributed by atoms with Crippen LogP contribution in [0.25, 0.3) is 0 Å². The number of aliphatic hydroxyl groups excluding tert-OH is 1. The molecule has 0 saturated carbocycles. The third-order valence-electron chi connectivity index (χ3n) is 3.13. The van der Waals surface area contributed by atoms with Crippen LogP contribution in [0.4, 0.5) is 0 Å². The van der Waals surface area contributed by atoms with Crippen LogP contribution in [-0.2, 0) is 0 Å². The van der Waals surface area contributed by atoms with Crippen molar-refractivity contribution in [2.75, 3.05) is 33.9 Å². The number of ether oxygens (including phenoxy) is 2. The molecule has 1 aromatic rings. The highest BCUT2D eigenvalue weighted by Gasteiger charge is 2.16. The zero-order valence-electron chi connectivity index (χ0n) is 11.6. The van der Waals surface area contributed by atoms with Gasteiger partial charge in [0.05, 0.1) is 20.3 Å². The van der Waals surface area contributed by atoms with Gasteiger partial charge in [0, 0.05) is 18.2 Å². The van der Waals surface area contributed by atoms with E-state index in [1.165, 1.54) is 0 Å². The third kappa shape index (κ3) is 3.62. The van der Waals surface area contributed by atoms with Crippen molar-refractivity contribution in [3.8, 4) is 11.5 Å². The molecule has 0 spiro atoms. The normalized spacial score (nSPS) is 12.6. The molecular weight excluding hydrogens is 230 g/mol. The van der Waals surface area contributed by atoms with E-state index in [1.807, 2.05) is 12.1 Å². The largest absolute Gasteiger partial charge is 0.497 e. The lowest BCUT2D eigenvalue weighted by Crippen LogP contribution is -2.28. The molecule has 0 saturated heterocycles. The van der Waals surface area contributed by atoms with Crippen molar-refractivity contribution >= 4 is 0 Å². The Kier molecular flexibility index (Phi) is 5.95. The molecule has 0 fully saturated rings. The van der Waals surface area contributed by atoms with Crippen LogP contribution < -0.4 is 9.47 Å². The predicted molar refractivity (Wildman–Crippen MR) is 72.3 cm³/mol. The minimum absolute atomic E-state index is 0.550. The smallest absolute Gasteiger partial charge is 0.128 e. The highest BCUT2D eigenvalue weighted by molar-refractivity contribution is 5.42. The molecular formula is C14H23NO3. The van der Waals surface area contributed by atoms with Crippen molar-refractivity contribution in [3.05, 3.63) is 23.8 Å². The lowest BCUT2D eigenvalue weighted by atomic mass is 10.1. The molecule has 1 aromatic carbocycles. The van der Waals surface area contributed by atoms with Gasteiger partial charge in [-0.2, -0.15) is 0 Å². The SMILES string of the molecule is CCN(CC)CC(O)c1ccc(OC)cc1OC. The standard InChI is InChI=1S/C14H23NO3/c1-5-15(6-2)10-13(16)12-8-7-11(17-3)9-14(12)18-4/h7-9,13,16H,5-6,10H2,1-4H3. The lowest BCUT2D eigenvalue weighted by molar-refractivity contribution is 0.116. The molecule has 1 rings (SSSR count). The molecule has 0 aliphatic carbocycles. The second kappa shape index (κ2) is 7.24. The van der Waals surface area contributed by atoms with Crippen molar-refractivity contribution in [1.82, 2.24) is 4.90 Å². The molecule has 4 nitrogen and oxygen atoms in total. The number of aliphatic hydroxyl groups is 1. The van der Waals surface area contributed by atoms with Gasteiger partial charge in [-0.15, -0.1) is 0 Å². The summed E-state index contributed by atoms with van der Waals surface area (Å²) in [6.45, 7) is 6.62. The first kappa shape index (κ1) is 14.8. The van der Waals surface area contributed by atoms with Crippen LogP contribution in [0.2, 0.25) is 0 Å². The predicted octanol–water partition coefficient (Wildman–Crippen LogP) is 2.08.